The second-order valence-corrected chi connectivity index (χ2v) is 4.83. The lowest BCUT2D eigenvalue weighted by Crippen LogP contribution is -2.42. The number of nitrogens with one attached hydrogen (secondary N) is 1. The molecule has 1 heterocycles. The number of hydrogen-bond acceptors (Lipinski definition) is 5. The summed E-state index contributed by atoms with van der Waals surface area (Å²) in [6.07, 6.45) is 0.750. The van der Waals surface area contributed by atoms with Gasteiger partial charge in [-0.2, -0.15) is 10.4 Å². The van der Waals surface area contributed by atoms with Crippen LogP contribution < -0.4 is 14.9 Å². The van der Waals surface area contributed by atoms with Crippen LogP contribution in [0.1, 0.15) is 11.1 Å². The predicted octanol–water partition coefficient (Wildman–Crippen LogP) is 1.85. The molecule has 0 unspecified atom stereocenters. The molecule has 6 nitrogen and oxygen atoms in total. The number of benzene rings is 2. The van der Waals surface area contributed by atoms with E-state index in [9.17, 15) is 4.79 Å². The van der Waals surface area contributed by atoms with E-state index >= 15 is 0 Å². The van der Waals surface area contributed by atoms with E-state index in [2.05, 4.69) is 10.5 Å². The number of ether oxygens (including phenoxy) is 2. The molecule has 3 rings (SSSR count). The Kier molecular flexibility index (Phi) is 4.20. The number of carbonyl (C=O) groups is 1. The lowest BCUT2D eigenvalue weighted by atomic mass is 10.2. The number of nitrogens with zero attached hydrogens (tertiary/aromatic N) is 2. The average molecular weight is 307 g/mol. The lowest BCUT2D eigenvalue weighted by Gasteiger charge is -2.24. The minimum absolute atomic E-state index is 0.134. The van der Waals surface area contributed by atoms with Gasteiger partial charge in [0.1, 0.15) is 6.61 Å². The third kappa shape index (κ3) is 3.47. The molecule has 0 fully saturated rings. The number of fused-ring (bicyclic) bond motifs is 1. The maximum atomic E-state index is 12.0. The van der Waals surface area contributed by atoms with Crippen LogP contribution in [0.15, 0.2) is 53.6 Å². The van der Waals surface area contributed by atoms with Crippen LogP contribution in [0.4, 0.5) is 0 Å². The molecule has 1 aliphatic rings. The summed E-state index contributed by atoms with van der Waals surface area (Å²) in [5, 5.41) is 12.6. The number of nitriles is 1. The van der Waals surface area contributed by atoms with Gasteiger partial charge in [0, 0.05) is 0 Å². The van der Waals surface area contributed by atoms with E-state index in [-0.39, 0.29) is 12.5 Å². The Balaban J connectivity index is 1.57. The van der Waals surface area contributed by atoms with Gasteiger partial charge in [-0.25, -0.2) is 5.43 Å². The Bertz CT molecular complexity index is 778. The number of rotatable bonds is 3. The fourth-order valence-electron chi connectivity index (χ4n) is 2.03. The van der Waals surface area contributed by atoms with Crippen molar-refractivity contribution in [1.82, 2.24) is 5.43 Å². The number of hydrogen-bond donors (Lipinski definition) is 1. The molecule has 0 radical (unpaired) electrons. The van der Waals surface area contributed by atoms with Crippen LogP contribution in [0.25, 0.3) is 0 Å². The van der Waals surface area contributed by atoms with Gasteiger partial charge in [-0.15, -0.1) is 0 Å². The highest BCUT2D eigenvalue weighted by Gasteiger charge is 2.26. The SMILES string of the molecule is N#Cc1ccc(/C=N\NC(=O)[C@H]2COc3ccccc3O2)cc1. The third-order valence-electron chi connectivity index (χ3n) is 3.23. The molecule has 0 spiro atoms. The highest BCUT2D eigenvalue weighted by Crippen LogP contribution is 2.30. The average Bonchev–Trinajstić information content (AvgIpc) is 2.61. The van der Waals surface area contributed by atoms with Crippen molar-refractivity contribution < 1.29 is 14.3 Å². The summed E-state index contributed by atoms with van der Waals surface area (Å²) in [6.45, 7) is 0.134. The van der Waals surface area contributed by atoms with Gasteiger partial charge < -0.3 is 9.47 Å². The largest absolute Gasteiger partial charge is 0.485 e. The zero-order valence-electron chi connectivity index (χ0n) is 12.1. The van der Waals surface area contributed by atoms with E-state index < -0.39 is 6.10 Å². The Morgan fingerprint density at radius 1 is 1.22 bits per heavy atom. The molecule has 1 aliphatic heterocycles. The normalized spacial score (nSPS) is 15.9. The van der Waals surface area contributed by atoms with Crippen LogP contribution in [0.5, 0.6) is 11.5 Å². The molecule has 0 saturated carbocycles. The second-order valence-electron chi connectivity index (χ2n) is 4.83. The smallest absolute Gasteiger partial charge is 0.284 e. The molecule has 0 saturated heterocycles. The minimum Gasteiger partial charge on any atom is -0.485 e. The van der Waals surface area contributed by atoms with Gasteiger partial charge in [-0.05, 0) is 29.8 Å². The molecular weight excluding hydrogens is 294 g/mol. The van der Waals surface area contributed by atoms with Gasteiger partial charge in [0.15, 0.2) is 11.5 Å². The third-order valence-corrected chi connectivity index (χ3v) is 3.23. The molecule has 0 aromatic heterocycles. The lowest BCUT2D eigenvalue weighted by molar-refractivity contribution is -0.130. The van der Waals surface area contributed by atoms with Crippen molar-refractivity contribution in [3.63, 3.8) is 0 Å². The van der Waals surface area contributed by atoms with Crippen molar-refractivity contribution in [3.05, 3.63) is 59.7 Å². The first-order valence-corrected chi connectivity index (χ1v) is 6.98. The van der Waals surface area contributed by atoms with E-state index in [4.69, 9.17) is 14.7 Å². The van der Waals surface area contributed by atoms with Crippen LogP contribution in [0, 0.1) is 11.3 Å². The van der Waals surface area contributed by atoms with Crippen molar-refractivity contribution in [3.8, 4) is 17.6 Å². The van der Waals surface area contributed by atoms with Crippen molar-refractivity contribution in [2.75, 3.05) is 6.61 Å². The second kappa shape index (κ2) is 6.62. The van der Waals surface area contributed by atoms with Crippen LogP contribution in [0.2, 0.25) is 0 Å². The Morgan fingerprint density at radius 2 is 1.96 bits per heavy atom. The van der Waals surface area contributed by atoms with Crippen molar-refractivity contribution in [1.29, 1.82) is 5.26 Å². The molecule has 1 amide bonds. The molecule has 0 bridgehead atoms. The van der Waals surface area contributed by atoms with Gasteiger partial charge in [-0.1, -0.05) is 24.3 Å². The Hall–Kier alpha value is -3.33. The Labute approximate surface area is 133 Å². The van der Waals surface area contributed by atoms with Gasteiger partial charge >= 0.3 is 0 Å². The molecule has 114 valence electrons. The van der Waals surface area contributed by atoms with Crippen LogP contribution in [-0.4, -0.2) is 24.8 Å². The molecule has 6 heteroatoms. The number of para-hydroxylation sites is 2. The van der Waals surface area contributed by atoms with Crippen LogP contribution in [-0.2, 0) is 4.79 Å². The fourth-order valence-corrected chi connectivity index (χ4v) is 2.03. The van der Waals surface area contributed by atoms with E-state index in [0.29, 0.717) is 17.1 Å². The highest BCUT2D eigenvalue weighted by atomic mass is 16.6. The molecule has 0 aliphatic carbocycles. The summed E-state index contributed by atoms with van der Waals surface area (Å²) in [4.78, 5) is 12.0. The van der Waals surface area contributed by atoms with Gasteiger partial charge in [0.05, 0.1) is 17.8 Å². The van der Waals surface area contributed by atoms with E-state index in [0.717, 1.165) is 5.56 Å². The van der Waals surface area contributed by atoms with Gasteiger partial charge in [0.25, 0.3) is 5.91 Å². The van der Waals surface area contributed by atoms with E-state index in [1.807, 2.05) is 18.2 Å². The quantitative estimate of drug-likeness (QED) is 0.693. The minimum atomic E-state index is -0.747. The maximum absolute atomic E-state index is 12.0. The number of hydrazone groups is 1. The van der Waals surface area contributed by atoms with Gasteiger partial charge in [-0.3, -0.25) is 4.79 Å². The summed E-state index contributed by atoms with van der Waals surface area (Å²) >= 11 is 0. The molecule has 2 aromatic rings. The van der Waals surface area contributed by atoms with Crippen molar-refractivity contribution in [2.45, 2.75) is 6.10 Å². The summed E-state index contributed by atoms with van der Waals surface area (Å²) in [5.41, 5.74) is 3.76. The molecular formula is C17H13N3O3. The van der Waals surface area contributed by atoms with E-state index in [1.54, 1.807) is 36.4 Å². The zero-order valence-corrected chi connectivity index (χ0v) is 12.1. The Morgan fingerprint density at radius 3 is 2.70 bits per heavy atom. The highest BCUT2D eigenvalue weighted by molar-refractivity contribution is 5.85. The first kappa shape index (κ1) is 14.6. The summed E-state index contributed by atoms with van der Waals surface area (Å²) in [5.74, 6) is 0.775. The molecule has 1 atom stereocenters. The topological polar surface area (TPSA) is 83.7 Å². The summed E-state index contributed by atoms with van der Waals surface area (Å²) in [7, 11) is 0. The molecule has 1 N–H and O–H groups in total. The first-order chi connectivity index (χ1) is 11.3. The van der Waals surface area contributed by atoms with Crippen molar-refractivity contribution in [2.24, 2.45) is 5.10 Å². The van der Waals surface area contributed by atoms with Crippen LogP contribution in [0.3, 0.4) is 0 Å². The standard InChI is InChI=1S/C17H13N3O3/c18-9-12-5-7-13(8-6-12)10-19-20-17(21)16-11-22-14-3-1-2-4-15(14)23-16/h1-8,10,16H,11H2,(H,20,21)/b19-10-/t16-/m1/s1. The van der Waals surface area contributed by atoms with Gasteiger partial charge in [0.2, 0.25) is 6.10 Å². The predicted molar refractivity (Wildman–Crippen MR) is 83.2 cm³/mol. The molecule has 2 aromatic carbocycles. The molecule has 23 heavy (non-hydrogen) atoms. The summed E-state index contributed by atoms with van der Waals surface area (Å²) in [6, 6.07) is 16.1. The maximum Gasteiger partial charge on any atom is 0.284 e. The zero-order chi connectivity index (χ0) is 16.1. The van der Waals surface area contributed by atoms with Crippen molar-refractivity contribution >= 4 is 12.1 Å². The monoisotopic (exact) mass is 307 g/mol. The first-order valence-electron chi connectivity index (χ1n) is 6.98. The van der Waals surface area contributed by atoms with Crippen LogP contribution >= 0.6 is 0 Å². The number of amides is 1. The fraction of sp³-hybridized carbons (Fsp3) is 0.118. The van der Waals surface area contributed by atoms with E-state index in [1.165, 1.54) is 6.21 Å². The number of carbonyl (C=O) groups excluding carboxylic acids is 1. The summed E-state index contributed by atoms with van der Waals surface area (Å²) < 4.78 is 11.1.